The fourth-order valence-corrected chi connectivity index (χ4v) is 3.23. The summed E-state index contributed by atoms with van der Waals surface area (Å²) in [5.41, 5.74) is 4.16. The molecular formula is C20H32O2. The van der Waals surface area contributed by atoms with Gasteiger partial charge in [0.15, 0.2) is 0 Å². The van der Waals surface area contributed by atoms with E-state index < -0.39 is 0 Å². The van der Waals surface area contributed by atoms with Gasteiger partial charge in [0.1, 0.15) is 0 Å². The molecule has 0 saturated carbocycles. The number of hydrogen-bond donors (Lipinski definition) is 1. The van der Waals surface area contributed by atoms with Gasteiger partial charge in [-0.3, -0.25) is 0 Å². The average molecular weight is 304 g/mol. The van der Waals surface area contributed by atoms with E-state index in [2.05, 4.69) is 45.9 Å². The van der Waals surface area contributed by atoms with Gasteiger partial charge in [-0.05, 0) is 63.9 Å². The topological polar surface area (TPSA) is 32.8 Å². The van der Waals surface area contributed by atoms with Crippen molar-refractivity contribution in [3.63, 3.8) is 0 Å². The minimum Gasteiger partial charge on any atom is -0.392 e. The van der Waals surface area contributed by atoms with Crippen molar-refractivity contribution in [1.29, 1.82) is 0 Å². The zero-order valence-corrected chi connectivity index (χ0v) is 14.7. The standard InChI is InChI=1S/C20H32O2/c1-15(2)18-10-8-16(3)6-5-7-17(14-21)9-11-19-20(4,22-19)13-12-18/h7-8,10,15,19,21H,5-6,9,11-14H2,1-4H3/b16-8+,17-7-,18-10+/t19-,20-/m0/s1. The number of ether oxygens (including phenoxy) is 1. The Balaban J connectivity index is 2.13. The first kappa shape index (κ1) is 17.5. The Kier molecular flexibility index (Phi) is 6.05. The quantitative estimate of drug-likeness (QED) is 0.578. The second-order valence-electron chi connectivity index (χ2n) is 7.43. The van der Waals surface area contributed by atoms with Gasteiger partial charge in [-0.15, -0.1) is 0 Å². The SMILES string of the molecule is C/C1=C\C=C(\C(C)C)CC[C@]2(C)O[C@H]2CC/C(CO)=C/CC1. The summed E-state index contributed by atoms with van der Waals surface area (Å²) >= 11 is 0. The molecule has 0 aromatic carbocycles. The largest absolute Gasteiger partial charge is 0.392 e. The highest BCUT2D eigenvalue weighted by Crippen LogP contribution is 2.44. The molecular weight excluding hydrogens is 272 g/mol. The first-order valence-corrected chi connectivity index (χ1v) is 8.77. The number of aliphatic hydroxyl groups excluding tert-OH is 1. The van der Waals surface area contributed by atoms with Gasteiger partial charge in [0, 0.05) is 0 Å². The normalized spacial score (nSPS) is 37.9. The molecule has 22 heavy (non-hydrogen) atoms. The summed E-state index contributed by atoms with van der Waals surface area (Å²) in [6, 6.07) is 0. The minimum absolute atomic E-state index is 0.0530. The number of epoxide rings is 1. The number of aliphatic hydroxyl groups is 1. The molecule has 0 spiro atoms. The molecule has 2 nitrogen and oxygen atoms in total. The van der Waals surface area contributed by atoms with Crippen LogP contribution >= 0.6 is 0 Å². The van der Waals surface area contributed by atoms with Gasteiger partial charge < -0.3 is 9.84 Å². The molecule has 0 bridgehead atoms. The Morgan fingerprint density at radius 1 is 1.27 bits per heavy atom. The highest BCUT2D eigenvalue weighted by atomic mass is 16.6. The molecule has 0 unspecified atom stereocenters. The van der Waals surface area contributed by atoms with Crippen LogP contribution in [0.4, 0.5) is 0 Å². The fraction of sp³-hybridized carbons (Fsp3) is 0.700. The second-order valence-corrected chi connectivity index (χ2v) is 7.43. The van der Waals surface area contributed by atoms with Crippen molar-refractivity contribution in [3.05, 3.63) is 34.9 Å². The Morgan fingerprint density at radius 2 is 2.05 bits per heavy atom. The molecule has 0 aromatic heterocycles. The van der Waals surface area contributed by atoms with Crippen LogP contribution in [-0.4, -0.2) is 23.4 Å². The molecule has 0 amide bonds. The Morgan fingerprint density at radius 3 is 2.73 bits per heavy atom. The van der Waals surface area contributed by atoms with Crippen LogP contribution in [0.5, 0.6) is 0 Å². The van der Waals surface area contributed by atoms with Crippen LogP contribution in [0.1, 0.15) is 66.2 Å². The third kappa shape index (κ3) is 4.82. The van der Waals surface area contributed by atoms with E-state index in [1.165, 1.54) is 16.7 Å². The van der Waals surface area contributed by atoms with Crippen molar-refractivity contribution >= 4 is 0 Å². The van der Waals surface area contributed by atoms with Crippen LogP contribution in [-0.2, 0) is 4.74 Å². The lowest BCUT2D eigenvalue weighted by molar-refractivity contribution is 0.291. The molecule has 2 aliphatic rings. The van der Waals surface area contributed by atoms with Crippen LogP contribution in [0.15, 0.2) is 34.9 Å². The third-order valence-electron chi connectivity index (χ3n) is 5.17. The molecule has 1 aliphatic heterocycles. The van der Waals surface area contributed by atoms with Crippen molar-refractivity contribution in [2.75, 3.05) is 6.61 Å². The van der Waals surface area contributed by atoms with E-state index in [0.29, 0.717) is 12.0 Å². The van der Waals surface area contributed by atoms with Crippen LogP contribution in [0.25, 0.3) is 0 Å². The van der Waals surface area contributed by atoms with Gasteiger partial charge in [-0.2, -0.15) is 0 Å². The summed E-state index contributed by atoms with van der Waals surface area (Å²) in [4.78, 5) is 0. The predicted molar refractivity (Wildman–Crippen MR) is 92.8 cm³/mol. The molecule has 1 heterocycles. The van der Waals surface area contributed by atoms with Gasteiger partial charge in [0.2, 0.25) is 0 Å². The van der Waals surface area contributed by atoms with Crippen molar-refractivity contribution in [2.24, 2.45) is 5.92 Å². The van der Waals surface area contributed by atoms with Crippen molar-refractivity contribution in [3.8, 4) is 0 Å². The Bertz CT molecular complexity index is 470. The molecule has 124 valence electrons. The third-order valence-corrected chi connectivity index (χ3v) is 5.17. The summed E-state index contributed by atoms with van der Waals surface area (Å²) < 4.78 is 5.97. The predicted octanol–water partition coefficient (Wildman–Crippen LogP) is 4.95. The zero-order chi connectivity index (χ0) is 16.2. The highest BCUT2D eigenvalue weighted by Gasteiger charge is 2.50. The summed E-state index contributed by atoms with van der Waals surface area (Å²) in [5.74, 6) is 0.596. The van der Waals surface area contributed by atoms with Crippen LogP contribution in [0.3, 0.4) is 0 Å². The molecule has 1 N–H and O–H groups in total. The van der Waals surface area contributed by atoms with E-state index >= 15 is 0 Å². The molecule has 2 atom stereocenters. The number of fused-ring (bicyclic) bond motifs is 1. The first-order chi connectivity index (χ1) is 10.4. The second kappa shape index (κ2) is 7.61. The monoisotopic (exact) mass is 304 g/mol. The molecule has 1 saturated heterocycles. The van der Waals surface area contributed by atoms with Crippen molar-refractivity contribution in [2.45, 2.75) is 77.9 Å². The lowest BCUT2D eigenvalue weighted by Gasteiger charge is -2.14. The van der Waals surface area contributed by atoms with Crippen molar-refractivity contribution < 1.29 is 9.84 Å². The molecule has 2 rings (SSSR count). The smallest absolute Gasteiger partial charge is 0.0923 e. The minimum atomic E-state index is 0.0530. The Labute approximate surface area is 136 Å². The van der Waals surface area contributed by atoms with Gasteiger partial charge >= 0.3 is 0 Å². The van der Waals surface area contributed by atoms with E-state index in [4.69, 9.17) is 4.74 Å². The summed E-state index contributed by atoms with van der Waals surface area (Å²) in [5, 5.41) is 9.49. The Hall–Kier alpha value is -0.860. The van der Waals surface area contributed by atoms with Crippen LogP contribution in [0, 0.1) is 5.92 Å². The molecule has 0 radical (unpaired) electrons. The summed E-state index contributed by atoms with van der Waals surface area (Å²) in [6.45, 7) is 9.19. The van der Waals surface area contributed by atoms with Crippen molar-refractivity contribution in [1.82, 2.24) is 0 Å². The fourth-order valence-electron chi connectivity index (χ4n) is 3.23. The van der Waals surface area contributed by atoms with E-state index in [9.17, 15) is 5.11 Å². The maximum absolute atomic E-state index is 9.49. The van der Waals surface area contributed by atoms with Gasteiger partial charge in [-0.1, -0.05) is 43.2 Å². The zero-order valence-electron chi connectivity index (χ0n) is 14.7. The average Bonchev–Trinajstić information content (AvgIpc) is 3.12. The first-order valence-electron chi connectivity index (χ1n) is 8.77. The number of rotatable bonds is 2. The summed E-state index contributed by atoms with van der Waals surface area (Å²) in [7, 11) is 0. The van der Waals surface area contributed by atoms with Gasteiger partial charge in [-0.25, -0.2) is 0 Å². The van der Waals surface area contributed by atoms with E-state index in [1.807, 2.05) is 0 Å². The lowest BCUT2D eigenvalue weighted by atomic mass is 9.90. The summed E-state index contributed by atoms with van der Waals surface area (Å²) in [6.07, 6.45) is 13.5. The van der Waals surface area contributed by atoms with Gasteiger partial charge in [0.05, 0.1) is 18.3 Å². The van der Waals surface area contributed by atoms with E-state index in [0.717, 1.165) is 38.5 Å². The number of hydrogen-bond acceptors (Lipinski definition) is 2. The molecule has 0 aromatic rings. The molecule has 1 fully saturated rings. The van der Waals surface area contributed by atoms with Crippen LogP contribution in [0.2, 0.25) is 0 Å². The lowest BCUT2D eigenvalue weighted by Crippen LogP contribution is -2.12. The maximum atomic E-state index is 9.49. The maximum Gasteiger partial charge on any atom is 0.0923 e. The van der Waals surface area contributed by atoms with Gasteiger partial charge in [0.25, 0.3) is 0 Å². The van der Waals surface area contributed by atoms with E-state index in [-0.39, 0.29) is 12.2 Å². The number of allylic oxidation sites excluding steroid dienone is 5. The van der Waals surface area contributed by atoms with Crippen LogP contribution < -0.4 is 0 Å². The van der Waals surface area contributed by atoms with E-state index in [1.54, 1.807) is 0 Å². The highest BCUT2D eigenvalue weighted by molar-refractivity contribution is 5.20. The molecule has 2 heteroatoms. The molecule has 1 aliphatic carbocycles.